The lowest BCUT2D eigenvalue weighted by Gasteiger charge is -2.42. The van der Waals surface area contributed by atoms with E-state index in [1.54, 1.807) is 44.0 Å². The smallest absolute Gasteiger partial charge is 0.212 e. The highest BCUT2D eigenvalue weighted by molar-refractivity contribution is 5.98. The molecule has 1 aliphatic carbocycles. The van der Waals surface area contributed by atoms with Crippen LogP contribution in [-0.4, -0.2) is 63.2 Å². The van der Waals surface area contributed by atoms with Gasteiger partial charge in [0.1, 0.15) is 5.69 Å². The number of nitrogens with two attached hydrogens (primary N) is 1. The number of aliphatic hydroxyl groups is 1. The maximum absolute atomic E-state index is 13.4. The molecule has 9 heteroatoms. The summed E-state index contributed by atoms with van der Waals surface area (Å²) >= 11 is 0. The van der Waals surface area contributed by atoms with Crippen molar-refractivity contribution >= 4 is 22.5 Å². The van der Waals surface area contributed by atoms with Crippen LogP contribution in [-0.2, 0) is 6.42 Å². The van der Waals surface area contributed by atoms with Crippen molar-refractivity contribution in [1.29, 1.82) is 0 Å². The number of carbonyl (C=O) groups excluding carboxylic acids is 1. The standard InChI is InChI=1S/C29H30N6O3/c1-38-28-7-4-18(13-33-28)19-10-25-23(32-14-19)5-6-24(34-25)27(36)11-20-12-31-9-8-26(20)35-15-21(17-2-3-17)29(37)22(30)16-35/h4-10,12-14,17,21-22,29,37H,2-3,11,15-16,30H2,1H3/t21-,22-,29-/m1/s1. The van der Waals surface area contributed by atoms with Gasteiger partial charge >= 0.3 is 0 Å². The zero-order valence-corrected chi connectivity index (χ0v) is 21.2. The quantitative estimate of drug-likeness (QED) is 0.361. The molecule has 5 heterocycles. The highest BCUT2D eigenvalue weighted by Crippen LogP contribution is 2.42. The second-order valence-corrected chi connectivity index (χ2v) is 10.2. The first kappa shape index (κ1) is 24.4. The van der Waals surface area contributed by atoms with Gasteiger partial charge in [-0.15, -0.1) is 0 Å². The number of carbonyl (C=O) groups is 1. The molecular weight excluding hydrogens is 480 g/mol. The van der Waals surface area contributed by atoms with E-state index in [4.69, 9.17) is 10.5 Å². The molecule has 9 nitrogen and oxygen atoms in total. The third-order valence-electron chi connectivity index (χ3n) is 7.64. The van der Waals surface area contributed by atoms with Crippen LogP contribution >= 0.6 is 0 Å². The number of hydrogen-bond acceptors (Lipinski definition) is 9. The van der Waals surface area contributed by atoms with Crippen molar-refractivity contribution in [3.05, 3.63) is 72.4 Å². The molecule has 0 unspecified atom stereocenters. The van der Waals surface area contributed by atoms with Crippen molar-refractivity contribution in [2.45, 2.75) is 31.4 Å². The third-order valence-corrected chi connectivity index (χ3v) is 7.64. The molecule has 1 saturated heterocycles. The van der Waals surface area contributed by atoms with E-state index in [1.807, 2.05) is 24.3 Å². The van der Waals surface area contributed by atoms with E-state index in [1.165, 1.54) is 0 Å². The summed E-state index contributed by atoms with van der Waals surface area (Å²) in [5, 5.41) is 10.6. The number of aliphatic hydroxyl groups excluding tert-OH is 1. The first-order valence-electron chi connectivity index (χ1n) is 12.9. The fourth-order valence-electron chi connectivity index (χ4n) is 5.39. The van der Waals surface area contributed by atoms with Crippen molar-refractivity contribution in [2.75, 3.05) is 25.1 Å². The fraction of sp³-hybridized carbons (Fsp3) is 0.345. The Kier molecular flexibility index (Phi) is 6.47. The van der Waals surface area contributed by atoms with Crippen molar-refractivity contribution in [1.82, 2.24) is 19.9 Å². The van der Waals surface area contributed by atoms with Gasteiger partial charge in [0.2, 0.25) is 5.88 Å². The Morgan fingerprint density at radius 1 is 1.05 bits per heavy atom. The van der Waals surface area contributed by atoms with E-state index in [0.717, 1.165) is 41.8 Å². The van der Waals surface area contributed by atoms with Crippen LogP contribution < -0.4 is 15.4 Å². The molecule has 1 saturated carbocycles. The number of aromatic nitrogens is 4. The molecule has 38 heavy (non-hydrogen) atoms. The van der Waals surface area contributed by atoms with Crippen LogP contribution in [0.1, 0.15) is 28.9 Å². The first-order valence-corrected chi connectivity index (χ1v) is 12.9. The molecule has 0 amide bonds. The van der Waals surface area contributed by atoms with Gasteiger partial charge in [0, 0.05) is 84.7 Å². The highest BCUT2D eigenvalue weighted by atomic mass is 16.5. The van der Waals surface area contributed by atoms with Gasteiger partial charge in [-0.25, -0.2) is 9.97 Å². The van der Waals surface area contributed by atoms with Crippen LogP contribution in [0.25, 0.3) is 22.2 Å². The lowest BCUT2D eigenvalue weighted by atomic mass is 9.87. The van der Waals surface area contributed by atoms with Crippen LogP contribution in [0.2, 0.25) is 0 Å². The number of ketones is 1. The summed E-state index contributed by atoms with van der Waals surface area (Å²) in [7, 11) is 1.58. The van der Waals surface area contributed by atoms with Gasteiger partial charge in [0.05, 0.1) is 24.2 Å². The molecular formula is C29H30N6O3. The SMILES string of the molecule is COc1ccc(-c2cnc3ccc(C(=O)Cc4cnccc4N4C[C@@H](N)[C@H](O)[C@@H](C5CC5)C4)nc3c2)cn1. The number of rotatable bonds is 7. The highest BCUT2D eigenvalue weighted by Gasteiger charge is 2.43. The summed E-state index contributed by atoms with van der Waals surface area (Å²) in [6.07, 6.45) is 8.94. The number of pyridine rings is 4. The Balaban J connectivity index is 1.24. The van der Waals surface area contributed by atoms with E-state index in [2.05, 4.69) is 24.8 Å². The molecule has 194 valence electrons. The summed E-state index contributed by atoms with van der Waals surface area (Å²) in [5.41, 5.74) is 11.6. The fourth-order valence-corrected chi connectivity index (χ4v) is 5.39. The van der Waals surface area contributed by atoms with E-state index < -0.39 is 6.10 Å². The summed E-state index contributed by atoms with van der Waals surface area (Å²) in [4.78, 5) is 33.3. The van der Waals surface area contributed by atoms with Crippen molar-refractivity contribution in [3.63, 3.8) is 0 Å². The summed E-state index contributed by atoms with van der Waals surface area (Å²) in [6.45, 7) is 1.27. The largest absolute Gasteiger partial charge is 0.481 e. The zero-order valence-electron chi connectivity index (χ0n) is 21.2. The maximum atomic E-state index is 13.4. The normalized spacial score (nSPS) is 21.4. The monoisotopic (exact) mass is 510 g/mol. The van der Waals surface area contributed by atoms with Gasteiger partial charge in [-0.3, -0.25) is 14.8 Å². The number of methoxy groups -OCH3 is 1. The van der Waals surface area contributed by atoms with Crippen LogP contribution in [0.4, 0.5) is 5.69 Å². The molecule has 3 N–H and O–H groups in total. The van der Waals surface area contributed by atoms with Gasteiger partial charge in [0.15, 0.2) is 5.78 Å². The average molecular weight is 511 g/mol. The van der Waals surface area contributed by atoms with Crippen molar-refractivity contribution in [3.8, 4) is 17.0 Å². The molecule has 0 radical (unpaired) electrons. The van der Waals surface area contributed by atoms with Crippen molar-refractivity contribution < 1.29 is 14.6 Å². The number of Topliss-reactive ketones (excluding diaryl/α,β-unsaturated/α-hetero) is 1. The molecule has 3 atom stereocenters. The second-order valence-electron chi connectivity index (χ2n) is 10.2. The minimum absolute atomic E-state index is 0.0993. The number of nitrogens with zero attached hydrogens (tertiary/aromatic N) is 5. The second kappa shape index (κ2) is 10.1. The molecule has 2 fully saturated rings. The van der Waals surface area contributed by atoms with E-state index in [9.17, 15) is 9.90 Å². The van der Waals surface area contributed by atoms with Crippen LogP contribution in [0.15, 0.2) is 61.2 Å². The number of fused-ring (bicyclic) bond motifs is 1. The Morgan fingerprint density at radius 3 is 2.66 bits per heavy atom. The summed E-state index contributed by atoms with van der Waals surface area (Å²) in [6, 6.07) is 10.8. The minimum Gasteiger partial charge on any atom is -0.481 e. The Bertz CT molecular complexity index is 1470. The Hall–Kier alpha value is -3.95. The van der Waals surface area contributed by atoms with Crippen LogP contribution in [0.5, 0.6) is 5.88 Å². The molecule has 4 aromatic heterocycles. The minimum atomic E-state index is -0.486. The van der Waals surface area contributed by atoms with Gasteiger partial charge in [-0.05, 0) is 49.1 Å². The molecule has 0 bridgehead atoms. The van der Waals surface area contributed by atoms with Gasteiger partial charge in [-0.1, -0.05) is 0 Å². The zero-order chi connectivity index (χ0) is 26.2. The number of ether oxygens (including phenoxy) is 1. The predicted octanol–water partition coefficient (Wildman–Crippen LogP) is 3.06. The topological polar surface area (TPSA) is 127 Å². The van der Waals surface area contributed by atoms with E-state index in [-0.39, 0.29) is 24.2 Å². The first-order chi connectivity index (χ1) is 18.5. The van der Waals surface area contributed by atoms with Crippen molar-refractivity contribution in [2.24, 2.45) is 17.6 Å². The molecule has 0 spiro atoms. The van der Waals surface area contributed by atoms with Gasteiger partial charge in [-0.2, -0.15) is 0 Å². The van der Waals surface area contributed by atoms with E-state index >= 15 is 0 Å². The van der Waals surface area contributed by atoms with Crippen LogP contribution in [0.3, 0.4) is 0 Å². The molecule has 6 rings (SSSR count). The molecule has 0 aromatic carbocycles. The number of anilines is 1. The lowest BCUT2D eigenvalue weighted by Crippen LogP contribution is -2.57. The maximum Gasteiger partial charge on any atom is 0.212 e. The lowest BCUT2D eigenvalue weighted by molar-refractivity contribution is 0.0593. The third kappa shape index (κ3) is 4.82. The molecule has 4 aromatic rings. The van der Waals surface area contributed by atoms with Gasteiger partial charge in [0.25, 0.3) is 0 Å². The average Bonchev–Trinajstić information content (AvgIpc) is 3.80. The number of hydrogen-bond donors (Lipinski definition) is 2. The summed E-state index contributed by atoms with van der Waals surface area (Å²) in [5.74, 6) is 1.12. The van der Waals surface area contributed by atoms with E-state index in [0.29, 0.717) is 35.1 Å². The van der Waals surface area contributed by atoms with Gasteiger partial charge < -0.3 is 20.5 Å². The van der Waals surface area contributed by atoms with Crippen LogP contribution in [0, 0.1) is 11.8 Å². The summed E-state index contributed by atoms with van der Waals surface area (Å²) < 4.78 is 5.14. The number of piperidine rings is 1. The molecule has 1 aliphatic heterocycles. The Morgan fingerprint density at radius 2 is 1.89 bits per heavy atom. The molecule has 2 aliphatic rings. The predicted molar refractivity (Wildman–Crippen MR) is 144 cm³/mol. The Labute approximate surface area is 220 Å².